The number of hydrogen-bond acceptors (Lipinski definition) is 6. The van der Waals surface area contributed by atoms with Gasteiger partial charge in [-0.1, -0.05) is 11.6 Å². The lowest BCUT2D eigenvalue weighted by Gasteiger charge is -2.23. The quantitative estimate of drug-likeness (QED) is 0.858. The maximum absolute atomic E-state index is 11.6. The Labute approximate surface area is 145 Å². The first-order valence-corrected chi connectivity index (χ1v) is 8.20. The molecule has 0 radical (unpaired) electrons. The molecule has 2 aromatic rings. The molecule has 0 unspecified atom stereocenters. The second kappa shape index (κ2) is 7.04. The normalized spacial score (nSPS) is 17.1. The number of anilines is 3. The molecule has 3 rings (SSSR count). The fourth-order valence-electron chi connectivity index (χ4n) is 2.84. The molecule has 0 spiro atoms. The number of amides is 1. The number of carbonyl (C=O) groups excluding carboxylic acids is 1. The highest BCUT2D eigenvalue weighted by Gasteiger charge is 2.26. The van der Waals surface area contributed by atoms with E-state index in [2.05, 4.69) is 25.7 Å². The topological polar surface area (TPSA) is 88.0 Å². The van der Waals surface area contributed by atoms with Crippen LogP contribution in [0.5, 0.6) is 0 Å². The Morgan fingerprint density at radius 2 is 2.29 bits per heavy atom. The maximum Gasteiger partial charge on any atom is 0.229 e. The van der Waals surface area contributed by atoms with Crippen LogP contribution in [0.1, 0.15) is 19.8 Å². The van der Waals surface area contributed by atoms with Crippen LogP contribution >= 0.6 is 11.6 Å². The van der Waals surface area contributed by atoms with Crippen LogP contribution < -0.4 is 10.6 Å². The molecule has 24 heavy (non-hydrogen) atoms. The van der Waals surface area contributed by atoms with Crippen molar-refractivity contribution >= 4 is 35.0 Å². The Bertz CT molecular complexity index is 732. The van der Waals surface area contributed by atoms with Crippen LogP contribution in [-0.2, 0) is 11.8 Å². The van der Waals surface area contributed by atoms with E-state index >= 15 is 0 Å². The first-order valence-electron chi connectivity index (χ1n) is 7.82. The van der Waals surface area contributed by atoms with E-state index in [-0.39, 0.29) is 11.9 Å². The predicted octanol–water partition coefficient (Wildman–Crippen LogP) is 2.03. The van der Waals surface area contributed by atoms with Crippen molar-refractivity contribution in [1.82, 2.24) is 24.6 Å². The smallest absolute Gasteiger partial charge is 0.229 e. The van der Waals surface area contributed by atoms with E-state index in [0.29, 0.717) is 23.3 Å². The first-order chi connectivity index (χ1) is 11.5. The predicted molar refractivity (Wildman–Crippen MR) is 92.4 cm³/mol. The van der Waals surface area contributed by atoms with E-state index in [4.69, 9.17) is 11.6 Å². The number of carbonyl (C=O) groups is 1. The molecule has 1 amide bonds. The van der Waals surface area contributed by atoms with Gasteiger partial charge in [0.25, 0.3) is 0 Å². The van der Waals surface area contributed by atoms with Crippen LogP contribution in [0, 0.1) is 0 Å². The highest BCUT2D eigenvalue weighted by molar-refractivity contribution is 6.32. The average Bonchev–Trinajstić information content (AvgIpc) is 3.16. The third kappa shape index (κ3) is 3.76. The molecule has 1 saturated heterocycles. The van der Waals surface area contributed by atoms with Gasteiger partial charge in [0.05, 0.1) is 18.1 Å². The van der Waals surface area contributed by atoms with Gasteiger partial charge in [-0.2, -0.15) is 10.1 Å². The van der Waals surface area contributed by atoms with Crippen molar-refractivity contribution in [2.24, 2.45) is 7.05 Å². The van der Waals surface area contributed by atoms with Gasteiger partial charge in [0, 0.05) is 39.3 Å². The number of hydrogen-bond donors (Lipinski definition) is 2. The summed E-state index contributed by atoms with van der Waals surface area (Å²) in [6.45, 7) is 3.03. The second-order valence-corrected chi connectivity index (χ2v) is 6.21. The van der Waals surface area contributed by atoms with Crippen molar-refractivity contribution in [2.75, 3.05) is 23.7 Å². The van der Waals surface area contributed by atoms with Crippen LogP contribution in [-0.4, -0.2) is 49.7 Å². The fourth-order valence-corrected chi connectivity index (χ4v) is 3.00. The van der Waals surface area contributed by atoms with Gasteiger partial charge in [-0.15, -0.1) is 0 Å². The van der Waals surface area contributed by atoms with E-state index < -0.39 is 0 Å². The molecule has 128 valence electrons. The summed E-state index contributed by atoms with van der Waals surface area (Å²) in [4.78, 5) is 22.1. The molecule has 1 fully saturated rings. The molecule has 1 atom stereocenters. The molecule has 0 aliphatic carbocycles. The van der Waals surface area contributed by atoms with E-state index in [1.54, 1.807) is 24.0 Å². The third-order valence-corrected chi connectivity index (χ3v) is 4.27. The molecular formula is C15H20ClN7O. The molecule has 2 N–H and O–H groups in total. The van der Waals surface area contributed by atoms with Crippen LogP contribution in [0.3, 0.4) is 0 Å². The number of halogens is 1. The Kier molecular flexibility index (Phi) is 4.84. The zero-order valence-electron chi connectivity index (χ0n) is 13.7. The summed E-state index contributed by atoms with van der Waals surface area (Å²) in [5.74, 6) is 1.09. The minimum absolute atomic E-state index is 0.104. The highest BCUT2D eigenvalue weighted by Crippen LogP contribution is 2.23. The van der Waals surface area contributed by atoms with E-state index in [9.17, 15) is 4.79 Å². The fraction of sp³-hybridized carbons (Fsp3) is 0.467. The molecule has 3 heterocycles. The van der Waals surface area contributed by atoms with Crippen LogP contribution in [0.25, 0.3) is 0 Å². The standard InChI is InChI=1S/C15H20ClN7O/c1-10(24)23-5-3-4-12(23)7-17-14-13(16)8-18-15(21-14)20-11-6-19-22(2)9-11/h6,8-9,12H,3-5,7H2,1-2H3,(H2,17,18,20,21)/t12-/m1/s1. The summed E-state index contributed by atoms with van der Waals surface area (Å²) in [5.41, 5.74) is 0.796. The van der Waals surface area contributed by atoms with E-state index in [1.807, 2.05) is 18.1 Å². The van der Waals surface area contributed by atoms with Crippen molar-refractivity contribution in [3.63, 3.8) is 0 Å². The molecule has 0 bridgehead atoms. The highest BCUT2D eigenvalue weighted by atomic mass is 35.5. The van der Waals surface area contributed by atoms with Gasteiger partial charge < -0.3 is 15.5 Å². The number of nitrogens with one attached hydrogen (secondary N) is 2. The summed E-state index contributed by atoms with van der Waals surface area (Å²) in [6.07, 6.45) is 7.07. The summed E-state index contributed by atoms with van der Waals surface area (Å²) in [5, 5.41) is 10.8. The van der Waals surface area contributed by atoms with Gasteiger partial charge in [-0.25, -0.2) is 4.98 Å². The van der Waals surface area contributed by atoms with E-state index in [1.165, 1.54) is 0 Å². The van der Waals surface area contributed by atoms with Crippen molar-refractivity contribution < 1.29 is 4.79 Å². The molecule has 8 nitrogen and oxygen atoms in total. The van der Waals surface area contributed by atoms with Crippen LogP contribution in [0.2, 0.25) is 5.02 Å². The Morgan fingerprint density at radius 1 is 1.46 bits per heavy atom. The van der Waals surface area contributed by atoms with Crippen molar-refractivity contribution in [3.8, 4) is 0 Å². The zero-order chi connectivity index (χ0) is 17.1. The molecule has 1 aliphatic rings. The first kappa shape index (κ1) is 16.5. The molecule has 1 aliphatic heterocycles. The Hall–Kier alpha value is -2.35. The lowest BCUT2D eigenvalue weighted by atomic mass is 10.2. The lowest BCUT2D eigenvalue weighted by molar-refractivity contribution is -0.129. The average molecular weight is 350 g/mol. The number of likely N-dealkylation sites (tertiary alicyclic amines) is 1. The number of rotatable bonds is 5. The van der Waals surface area contributed by atoms with Crippen LogP contribution in [0.15, 0.2) is 18.6 Å². The van der Waals surface area contributed by atoms with Gasteiger partial charge in [-0.05, 0) is 12.8 Å². The summed E-state index contributed by atoms with van der Waals surface area (Å²) in [7, 11) is 1.84. The minimum Gasteiger partial charge on any atom is -0.367 e. The van der Waals surface area contributed by atoms with Gasteiger partial charge >= 0.3 is 0 Å². The largest absolute Gasteiger partial charge is 0.367 e. The lowest BCUT2D eigenvalue weighted by Crippen LogP contribution is -2.38. The van der Waals surface area contributed by atoms with Gasteiger partial charge in [0.2, 0.25) is 11.9 Å². The Balaban J connectivity index is 1.66. The molecule has 9 heteroatoms. The second-order valence-electron chi connectivity index (χ2n) is 5.81. The number of aromatic nitrogens is 4. The van der Waals surface area contributed by atoms with Gasteiger partial charge in [-0.3, -0.25) is 9.48 Å². The monoisotopic (exact) mass is 349 g/mol. The molecule has 2 aromatic heterocycles. The summed E-state index contributed by atoms with van der Waals surface area (Å²) in [6, 6.07) is 0.170. The number of nitrogens with zero attached hydrogens (tertiary/aromatic N) is 5. The van der Waals surface area contributed by atoms with Crippen molar-refractivity contribution in [2.45, 2.75) is 25.8 Å². The molecule has 0 saturated carbocycles. The molecular weight excluding hydrogens is 330 g/mol. The van der Waals surface area contributed by atoms with Gasteiger partial charge in [0.1, 0.15) is 5.02 Å². The van der Waals surface area contributed by atoms with Crippen LogP contribution in [0.4, 0.5) is 17.5 Å². The summed E-state index contributed by atoms with van der Waals surface area (Å²) < 4.78 is 1.69. The summed E-state index contributed by atoms with van der Waals surface area (Å²) >= 11 is 6.18. The van der Waals surface area contributed by atoms with Gasteiger partial charge in [0.15, 0.2) is 5.82 Å². The third-order valence-electron chi connectivity index (χ3n) is 3.99. The van der Waals surface area contributed by atoms with Crippen molar-refractivity contribution in [1.29, 1.82) is 0 Å². The molecule has 0 aromatic carbocycles. The minimum atomic E-state index is 0.104. The number of aryl methyl sites for hydroxylation is 1. The SMILES string of the molecule is CC(=O)N1CCC[C@@H]1CNc1nc(Nc2cnn(C)c2)ncc1Cl. The Morgan fingerprint density at radius 3 is 3.00 bits per heavy atom. The zero-order valence-corrected chi connectivity index (χ0v) is 14.4. The van der Waals surface area contributed by atoms with Crippen molar-refractivity contribution in [3.05, 3.63) is 23.6 Å². The maximum atomic E-state index is 11.6. The van der Waals surface area contributed by atoms with E-state index in [0.717, 1.165) is 25.1 Å².